The summed E-state index contributed by atoms with van der Waals surface area (Å²) in [6, 6.07) is 0. The maximum Gasteiger partial charge on any atom is 0.152 e. The molecule has 0 saturated carbocycles. The molecule has 0 aliphatic carbocycles. The van der Waals surface area contributed by atoms with Gasteiger partial charge in [-0.25, -0.2) is 8.42 Å². The van der Waals surface area contributed by atoms with Crippen molar-refractivity contribution in [2.24, 2.45) is 5.92 Å². The standard InChI is InChI=1S/C11H23NO3S/c1-2-8-16(13,14)9-7-15-10-11-3-5-12-6-4-11/h11-12H,2-10H2,1H3. The van der Waals surface area contributed by atoms with Gasteiger partial charge in [-0.1, -0.05) is 6.92 Å². The highest BCUT2D eigenvalue weighted by molar-refractivity contribution is 7.91. The third kappa shape index (κ3) is 5.82. The molecule has 16 heavy (non-hydrogen) atoms. The van der Waals surface area contributed by atoms with Crippen LogP contribution in [0.4, 0.5) is 0 Å². The first-order valence-electron chi connectivity index (χ1n) is 6.13. The van der Waals surface area contributed by atoms with Crippen LogP contribution in [0.15, 0.2) is 0 Å². The summed E-state index contributed by atoms with van der Waals surface area (Å²) in [4.78, 5) is 0. The lowest BCUT2D eigenvalue weighted by molar-refractivity contribution is 0.0988. The van der Waals surface area contributed by atoms with E-state index in [-0.39, 0.29) is 11.5 Å². The molecule has 1 aliphatic rings. The van der Waals surface area contributed by atoms with Gasteiger partial charge in [0.2, 0.25) is 0 Å². The van der Waals surface area contributed by atoms with E-state index in [1.54, 1.807) is 0 Å². The first-order valence-corrected chi connectivity index (χ1v) is 7.95. The van der Waals surface area contributed by atoms with Crippen molar-refractivity contribution >= 4 is 9.84 Å². The van der Waals surface area contributed by atoms with Gasteiger partial charge in [0.15, 0.2) is 9.84 Å². The summed E-state index contributed by atoms with van der Waals surface area (Å²) < 4.78 is 28.2. The summed E-state index contributed by atoms with van der Waals surface area (Å²) >= 11 is 0. The molecule has 0 unspecified atom stereocenters. The van der Waals surface area contributed by atoms with Crippen molar-refractivity contribution in [3.05, 3.63) is 0 Å². The number of hydrogen-bond donors (Lipinski definition) is 1. The number of nitrogens with one attached hydrogen (secondary N) is 1. The lowest BCUT2D eigenvalue weighted by atomic mass is 9.99. The molecule has 0 bridgehead atoms. The predicted octanol–water partition coefficient (Wildman–Crippen LogP) is 0.827. The summed E-state index contributed by atoms with van der Waals surface area (Å²) in [6.45, 7) is 5.06. The van der Waals surface area contributed by atoms with Crippen molar-refractivity contribution in [2.45, 2.75) is 26.2 Å². The number of ether oxygens (including phenoxy) is 1. The molecule has 0 radical (unpaired) electrons. The maximum absolute atomic E-state index is 11.4. The zero-order valence-corrected chi connectivity index (χ0v) is 10.9. The Kier molecular flexibility index (Phi) is 6.31. The van der Waals surface area contributed by atoms with E-state index < -0.39 is 9.84 Å². The molecule has 1 rings (SSSR count). The zero-order chi connectivity index (χ0) is 11.9. The Labute approximate surface area is 98.7 Å². The second-order valence-electron chi connectivity index (χ2n) is 4.42. The fourth-order valence-electron chi connectivity index (χ4n) is 1.90. The number of rotatable bonds is 7. The minimum absolute atomic E-state index is 0.172. The number of sulfone groups is 1. The zero-order valence-electron chi connectivity index (χ0n) is 10.1. The molecule has 0 spiro atoms. The van der Waals surface area contributed by atoms with Gasteiger partial charge in [0.25, 0.3) is 0 Å². The van der Waals surface area contributed by atoms with Crippen molar-refractivity contribution in [1.82, 2.24) is 5.32 Å². The molecule has 1 saturated heterocycles. The van der Waals surface area contributed by atoms with Crippen molar-refractivity contribution in [3.63, 3.8) is 0 Å². The van der Waals surface area contributed by atoms with Crippen molar-refractivity contribution in [3.8, 4) is 0 Å². The Balaban J connectivity index is 2.06. The van der Waals surface area contributed by atoms with Crippen LogP contribution in [-0.4, -0.2) is 46.2 Å². The predicted molar refractivity (Wildman–Crippen MR) is 65.4 cm³/mol. The Bertz CT molecular complexity index is 271. The highest BCUT2D eigenvalue weighted by Crippen LogP contribution is 2.11. The van der Waals surface area contributed by atoms with Crippen LogP contribution < -0.4 is 5.32 Å². The van der Waals surface area contributed by atoms with E-state index in [4.69, 9.17) is 4.74 Å². The third-order valence-corrected chi connectivity index (χ3v) is 4.69. The topological polar surface area (TPSA) is 55.4 Å². The van der Waals surface area contributed by atoms with Gasteiger partial charge < -0.3 is 10.1 Å². The van der Waals surface area contributed by atoms with Gasteiger partial charge in [0, 0.05) is 12.4 Å². The largest absolute Gasteiger partial charge is 0.380 e. The van der Waals surface area contributed by atoms with Crippen molar-refractivity contribution in [2.75, 3.05) is 37.8 Å². The molecule has 96 valence electrons. The van der Waals surface area contributed by atoms with Gasteiger partial charge in [-0.3, -0.25) is 0 Å². The number of hydrogen-bond acceptors (Lipinski definition) is 4. The Hall–Kier alpha value is -0.130. The van der Waals surface area contributed by atoms with Gasteiger partial charge in [-0.05, 0) is 38.3 Å². The van der Waals surface area contributed by atoms with Crippen molar-refractivity contribution in [1.29, 1.82) is 0 Å². The van der Waals surface area contributed by atoms with Gasteiger partial charge >= 0.3 is 0 Å². The molecule has 1 heterocycles. The van der Waals surface area contributed by atoms with Crippen LogP contribution in [0.3, 0.4) is 0 Å². The van der Waals surface area contributed by atoms with Crippen LogP contribution in [-0.2, 0) is 14.6 Å². The lowest BCUT2D eigenvalue weighted by Gasteiger charge is -2.22. The maximum atomic E-state index is 11.4. The highest BCUT2D eigenvalue weighted by Gasteiger charge is 2.14. The summed E-state index contributed by atoms with van der Waals surface area (Å²) in [7, 11) is -2.87. The average Bonchev–Trinajstić information content (AvgIpc) is 2.26. The molecule has 1 fully saturated rings. The molecular weight excluding hydrogens is 226 g/mol. The quantitative estimate of drug-likeness (QED) is 0.679. The smallest absolute Gasteiger partial charge is 0.152 e. The van der Waals surface area contributed by atoms with Crippen molar-refractivity contribution < 1.29 is 13.2 Å². The Morgan fingerprint density at radius 1 is 1.25 bits per heavy atom. The van der Waals surface area contributed by atoms with E-state index in [2.05, 4.69) is 5.32 Å². The molecule has 1 N–H and O–H groups in total. The minimum atomic E-state index is -2.87. The molecular formula is C11H23NO3S. The Morgan fingerprint density at radius 2 is 1.94 bits per heavy atom. The molecule has 4 nitrogen and oxygen atoms in total. The van der Waals surface area contributed by atoms with E-state index in [1.165, 1.54) is 0 Å². The van der Waals surface area contributed by atoms with Crippen LogP contribution in [0.25, 0.3) is 0 Å². The number of piperidine rings is 1. The van der Waals surface area contributed by atoms with Gasteiger partial charge in [-0.2, -0.15) is 0 Å². The Morgan fingerprint density at radius 3 is 2.56 bits per heavy atom. The third-order valence-electron chi connectivity index (χ3n) is 2.87. The fourth-order valence-corrected chi connectivity index (χ4v) is 3.10. The second kappa shape index (κ2) is 7.25. The molecule has 0 amide bonds. The molecule has 1 aliphatic heterocycles. The lowest BCUT2D eigenvalue weighted by Crippen LogP contribution is -2.30. The monoisotopic (exact) mass is 249 g/mol. The summed E-state index contributed by atoms with van der Waals surface area (Å²) in [5.74, 6) is 1.06. The summed E-state index contributed by atoms with van der Waals surface area (Å²) in [6.07, 6.45) is 2.97. The fraction of sp³-hybridized carbons (Fsp3) is 1.00. The summed E-state index contributed by atoms with van der Waals surface area (Å²) in [5.41, 5.74) is 0. The van der Waals surface area contributed by atoms with Crippen LogP contribution in [0.5, 0.6) is 0 Å². The average molecular weight is 249 g/mol. The van der Waals surface area contributed by atoms with Crippen LogP contribution in [0.1, 0.15) is 26.2 Å². The van der Waals surface area contributed by atoms with Crippen LogP contribution in [0, 0.1) is 5.92 Å². The summed E-state index contributed by atoms with van der Waals surface area (Å²) in [5, 5.41) is 3.29. The highest BCUT2D eigenvalue weighted by atomic mass is 32.2. The molecule has 5 heteroatoms. The van der Waals surface area contributed by atoms with E-state index in [0.717, 1.165) is 25.9 Å². The minimum Gasteiger partial charge on any atom is -0.380 e. The SMILES string of the molecule is CCCS(=O)(=O)CCOCC1CCNCC1. The molecule has 0 atom stereocenters. The van der Waals surface area contributed by atoms with Gasteiger partial charge in [-0.15, -0.1) is 0 Å². The second-order valence-corrected chi connectivity index (χ2v) is 6.72. The first-order chi connectivity index (χ1) is 7.64. The van der Waals surface area contributed by atoms with E-state index in [9.17, 15) is 8.42 Å². The van der Waals surface area contributed by atoms with E-state index in [0.29, 0.717) is 25.6 Å². The van der Waals surface area contributed by atoms with Crippen LogP contribution >= 0.6 is 0 Å². The molecule has 0 aromatic heterocycles. The van der Waals surface area contributed by atoms with E-state index >= 15 is 0 Å². The van der Waals surface area contributed by atoms with E-state index in [1.807, 2.05) is 6.92 Å². The normalized spacial score (nSPS) is 18.8. The first kappa shape index (κ1) is 13.9. The van der Waals surface area contributed by atoms with Gasteiger partial charge in [0.1, 0.15) is 0 Å². The molecule has 0 aromatic rings. The molecule has 0 aromatic carbocycles. The van der Waals surface area contributed by atoms with Gasteiger partial charge in [0.05, 0.1) is 12.4 Å². The van der Waals surface area contributed by atoms with Crippen LogP contribution in [0.2, 0.25) is 0 Å².